The third kappa shape index (κ3) is 4.14. The van der Waals surface area contributed by atoms with Gasteiger partial charge < -0.3 is 19.3 Å². The molecule has 0 saturated heterocycles. The van der Waals surface area contributed by atoms with Gasteiger partial charge in [0.15, 0.2) is 5.69 Å². The van der Waals surface area contributed by atoms with E-state index in [0.717, 1.165) is 32.1 Å². The molecular formula is C25H31N3O5. The zero-order valence-electron chi connectivity index (χ0n) is 19.5. The van der Waals surface area contributed by atoms with Gasteiger partial charge in [-0.05, 0) is 30.4 Å². The molecule has 176 valence electrons. The first-order chi connectivity index (χ1) is 15.8. The quantitative estimate of drug-likeness (QED) is 0.675. The molecule has 1 N–H and O–H groups in total. The van der Waals surface area contributed by atoms with Gasteiger partial charge in [0, 0.05) is 25.4 Å². The van der Waals surface area contributed by atoms with E-state index in [0.29, 0.717) is 12.2 Å². The number of benzene rings is 1. The number of methoxy groups -OCH3 is 1. The number of carbonyl (C=O) groups excluding carboxylic acids is 2. The minimum absolute atomic E-state index is 0.0220. The summed E-state index contributed by atoms with van der Waals surface area (Å²) in [6.45, 7) is 2.38. The molecule has 0 radical (unpaired) electrons. The monoisotopic (exact) mass is 453 g/mol. The number of hydrogen-bond donors (Lipinski definition) is 1. The summed E-state index contributed by atoms with van der Waals surface area (Å²) in [7, 11) is 2.88. The Morgan fingerprint density at radius 2 is 2.00 bits per heavy atom. The number of aromatic nitrogens is 2. The smallest absolute Gasteiger partial charge is 0.315 e. The Morgan fingerprint density at radius 3 is 2.67 bits per heavy atom. The summed E-state index contributed by atoms with van der Waals surface area (Å²) >= 11 is 0. The number of hydrogen-bond acceptors (Lipinski definition) is 6. The van der Waals surface area contributed by atoms with Crippen LogP contribution < -0.4 is 5.56 Å². The maximum Gasteiger partial charge on any atom is 0.315 e. The van der Waals surface area contributed by atoms with Crippen molar-refractivity contribution in [2.75, 3.05) is 14.2 Å². The lowest BCUT2D eigenvalue weighted by Crippen LogP contribution is -2.49. The van der Waals surface area contributed by atoms with Gasteiger partial charge in [-0.1, -0.05) is 44.0 Å². The topological polar surface area (TPSA) is 102 Å². The molecule has 2 heterocycles. The van der Waals surface area contributed by atoms with Crippen molar-refractivity contribution in [2.24, 2.45) is 0 Å². The molecule has 8 nitrogen and oxygen atoms in total. The molecule has 0 spiro atoms. The summed E-state index contributed by atoms with van der Waals surface area (Å²) in [5.41, 5.74) is 1.45. The van der Waals surface area contributed by atoms with Gasteiger partial charge in [0.05, 0.1) is 19.6 Å². The molecule has 0 bridgehead atoms. The average Bonchev–Trinajstić information content (AvgIpc) is 3.30. The van der Waals surface area contributed by atoms with Crippen molar-refractivity contribution in [3.63, 3.8) is 0 Å². The third-order valence-corrected chi connectivity index (χ3v) is 7.34. The lowest BCUT2D eigenvalue weighted by atomic mass is 9.75. The van der Waals surface area contributed by atoms with Crippen molar-refractivity contribution in [3.8, 4) is 5.75 Å². The molecule has 8 heteroatoms. The van der Waals surface area contributed by atoms with Gasteiger partial charge >= 0.3 is 11.5 Å². The fourth-order valence-corrected chi connectivity index (χ4v) is 5.32. The number of aryl methyl sites for hydroxylation is 1. The lowest BCUT2D eigenvalue weighted by Gasteiger charge is -2.37. The van der Waals surface area contributed by atoms with Crippen LogP contribution in [0.25, 0.3) is 0 Å². The standard InChI is InChI=1S/C25H31N3O5/c1-4-16-8-7-9-17(12-16)25(10-5-6-11-25)14-19-26-23(31)22(30)21-24(32)27(2)18(15-28(19)21)13-20(29)33-3/h7-9,12,18,30H,4-6,10-11,13-15H2,1-3H3/t18-/m0/s1. The molecule has 33 heavy (non-hydrogen) atoms. The van der Waals surface area contributed by atoms with E-state index in [1.165, 1.54) is 23.1 Å². The Morgan fingerprint density at radius 1 is 1.27 bits per heavy atom. The molecule has 1 saturated carbocycles. The van der Waals surface area contributed by atoms with Crippen LogP contribution >= 0.6 is 0 Å². The molecule has 2 aliphatic rings. The highest BCUT2D eigenvalue weighted by Gasteiger charge is 2.40. The van der Waals surface area contributed by atoms with Gasteiger partial charge in [0.25, 0.3) is 5.91 Å². The number of rotatable bonds is 6. The van der Waals surface area contributed by atoms with Gasteiger partial charge in [-0.15, -0.1) is 0 Å². The minimum Gasteiger partial charge on any atom is -0.501 e. The third-order valence-electron chi connectivity index (χ3n) is 7.34. The molecular weight excluding hydrogens is 422 g/mol. The summed E-state index contributed by atoms with van der Waals surface area (Å²) in [6.07, 6.45) is 5.54. The summed E-state index contributed by atoms with van der Waals surface area (Å²) in [4.78, 5) is 43.2. The second kappa shape index (κ2) is 9.00. The predicted octanol–water partition coefficient (Wildman–Crippen LogP) is 2.58. The molecule has 1 aromatic heterocycles. The SMILES string of the molecule is CCc1cccc(C2(Cc3nc(=O)c(O)c4n3C[C@H](CC(=O)OC)N(C)C4=O)CCCC2)c1. The van der Waals surface area contributed by atoms with Gasteiger partial charge in [-0.2, -0.15) is 4.98 Å². The molecule has 1 fully saturated rings. The van der Waals surface area contributed by atoms with E-state index >= 15 is 0 Å². The van der Waals surface area contributed by atoms with E-state index < -0.39 is 29.2 Å². The van der Waals surface area contributed by atoms with Crippen LogP contribution in [0.15, 0.2) is 29.1 Å². The second-order valence-corrected chi connectivity index (χ2v) is 9.21. The summed E-state index contributed by atoms with van der Waals surface area (Å²) in [6, 6.07) is 8.11. The fraction of sp³-hybridized carbons (Fsp3) is 0.520. The number of esters is 1. The highest BCUT2D eigenvalue weighted by molar-refractivity contribution is 5.96. The molecule has 1 atom stereocenters. The van der Waals surface area contributed by atoms with Crippen LogP contribution in [-0.4, -0.2) is 51.6 Å². The van der Waals surface area contributed by atoms with Crippen LogP contribution in [0.3, 0.4) is 0 Å². The van der Waals surface area contributed by atoms with Crippen molar-refractivity contribution in [3.05, 3.63) is 57.3 Å². The van der Waals surface area contributed by atoms with Crippen molar-refractivity contribution in [1.82, 2.24) is 14.5 Å². The molecule has 2 aromatic rings. The van der Waals surface area contributed by atoms with Crippen LogP contribution in [0.5, 0.6) is 5.75 Å². The molecule has 0 unspecified atom stereocenters. The first-order valence-electron chi connectivity index (χ1n) is 11.6. The Kier molecular flexibility index (Phi) is 6.28. The first kappa shape index (κ1) is 23.0. The van der Waals surface area contributed by atoms with E-state index in [-0.39, 0.29) is 24.1 Å². The molecule has 1 aliphatic carbocycles. The summed E-state index contributed by atoms with van der Waals surface area (Å²) < 4.78 is 6.45. The van der Waals surface area contributed by atoms with E-state index in [9.17, 15) is 19.5 Å². The summed E-state index contributed by atoms with van der Waals surface area (Å²) in [5.74, 6) is -1.08. The van der Waals surface area contributed by atoms with Crippen LogP contribution in [-0.2, 0) is 34.3 Å². The van der Waals surface area contributed by atoms with Crippen LogP contribution in [0.1, 0.15) is 66.5 Å². The Balaban J connectivity index is 1.80. The molecule has 1 aromatic carbocycles. The zero-order valence-corrected chi connectivity index (χ0v) is 19.5. The Hall–Kier alpha value is -3.16. The van der Waals surface area contributed by atoms with Crippen LogP contribution in [0.4, 0.5) is 0 Å². The maximum absolute atomic E-state index is 13.1. The molecule has 1 amide bonds. The number of ether oxygens (including phenoxy) is 1. The van der Waals surface area contributed by atoms with Gasteiger partial charge in [0.1, 0.15) is 5.82 Å². The average molecular weight is 454 g/mol. The van der Waals surface area contributed by atoms with Crippen molar-refractivity contribution in [2.45, 2.75) is 69.9 Å². The largest absolute Gasteiger partial charge is 0.501 e. The van der Waals surface area contributed by atoms with Gasteiger partial charge in [-0.25, -0.2) is 0 Å². The highest BCUT2D eigenvalue weighted by atomic mass is 16.5. The summed E-state index contributed by atoms with van der Waals surface area (Å²) in [5, 5.41) is 10.4. The van der Waals surface area contributed by atoms with E-state index in [4.69, 9.17) is 4.74 Å². The number of carbonyl (C=O) groups is 2. The minimum atomic E-state index is -0.792. The van der Waals surface area contributed by atoms with Crippen molar-refractivity contribution < 1.29 is 19.4 Å². The zero-order chi connectivity index (χ0) is 23.8. The number of amides is 1. The normalized spacial score (nSPS) is 19.4. The fourth-order valence-electron chi connectivity index (χ4n) is 5.32. The lowest BCUT2D eigenvalue weighted by molar-refractivity contribution is -0.141. The maximum atomic E-state index is 13.1. The van der Waals surface area contributed by atoms with E-state index in [1.807, 2.05) is 0 Å². The molecule has 4 rings (SSSR count). The van der Waals surface area contributed by atoms with Crippen molar-refractivity contribution in [1.29, 1.82) is 0 Å². The van der Waals surface area contributed by atoms with Gasteiger partial charge in [-0.3, -0.25) is 14.4 Å². The first-order valence-corrected chi connectivity index (χ1v) is 11.6. The Labute approximate surface area is 193 Å². The number of fused-ring (bicyclic) bond motifs is 1. The second-order valence-electron chi connectivity index (χ2n) is 9.21. The highest BCUT2D eigenvalue weighted by Crippen LogP contribution is 2.44. The van der Waals surface area contributed by atoms with Gasteiger partial charge in [0.2, 0.25) is 5.75 Å². The van der Waals surface area contributed by atoms with Crippen LogP contribution in [0, 0.1) is 0 Å². The Bertz CT molecular complexity index is 1130. The van der Waals surface area contributed by atoms with E-state index in [2.05, 4.69) is 36.2 Å². The number of nitrogens with zero attached hydrogens (tertiary/aromatic N) is 3. The van der Waals surface area contributed by atoms with Crippen LogP contribution in [0.2, 0.25) is 0 Å². The van der Waals surface area contributed by atoms with E-state index in [1.54, 1.807) is 11.6 Å². The number of likely N-dealkylation sites (N-methyl/N-ethyl adjacent to an activating group) is 1. The predicted molar refractivity (Wildman–Crippen MR) is 122 cm³/mol. The molecule has 1 aliphatic heterocycles. The number of aromatic hydroxyl groups is 1. The van der Waals surface area contributed by atoms with Crippen molar-refractivity contribution >= 4 is 11.9 Å².